The highest BCUT2D eigenvalue weighted by Crippen LogP contribution is 2.35. The van der Waals surface area contributed by atoms with Gasteiger partial charge in [0.1, 0.15) is 11.1 Å². The van der Waals surface area contributed by atoms with Crippen LogP contribution in [0.5, 0.6) is 0 Å². The summed E-state index contributed by atoms with van der Waals surface area (Å²) >= 11 is 1.43. The van der Waals surface area contributed by atoms with Gasteiger partial charge in [0.25, 0.3) is 0 Å². The van der Waals surface area contributed by atoms with Gasteiger partial charge >= 0.3 is 5.97 Å². The molecule has 1 aromatic rings. The topological polar surface area (TPSA) is 59.4 Å². The summed E-state index contributed by atoms with van der Waals surface area (Å²) in [5.41, 5.74) is 0.165. The summed E-state index contributed by atoms with van der Waals surface area (Å²) in [5, 5.41) is 9.68. The van der Waals surface area contributed by atoms with Crippen LogP contribution >= 0.6 is 11.3 Å². The zero-order valence-electron chi connectivity index (χ0n) is 8.69. The summed E-state index contributed by atoms with van der Waals surface area (Å²) in [6, 6.07) is 0. The first-order valence-electron chi connectivity index (χ1n) is 4.94. The van der Waals surface area contributed by atoms with E-state index in [1.54, 1.807) is 6.92 Å². The normalized spacial score (nSPS) is 25.7. The number of hydrogen-bond donors (Lipinski definition) is 1. The van der Waals surface area contributed by atoms with E-state index in [-0.39, 0.29) is 17.9 Å². The fraction of sp³-hybridized carbons (Fsp3) is 0.600. The van der Waals surface area contributed by atoms with Crippen molar-refractivity contribution in [1.82, 2.24) is 4.98 Å². The molecular weight excluding hydrogens is 214 g/mol. The lowest BCUT2D eigenvalue weighted by molar-refractivity contribution is 0.0550. The van der Waals surface area contributed by atoms with E-state index in [1.165, 1.54) is 11.3 Å². The van der Waals surface area contributed by atoms with Crippen LogP contribution in [-0.4, -0.2) is 22.2 Å². The molecule has 0 amide bonds. The molecule has 1 aliphatic heterocycles. The molecule has 2 heterocycles. The number of carbonyl (C=O) groups is 1. The first-order valence-corrected chi connectivity index (χ1v) is 5.75. The quantitative estimate of drug-likeness (QED) is 0.842. The number of thiazole rings is 1. The summed E-state index contributed by atoms with van der Waals surface area (Å²) in [4.78, 5) is 15.7. The van der Waals surface area contributed by atoms with Crippen molar-refractivity contribution in [1.29, 1.82) is 0 Å². The average Bonchev–Trinajstić information content (AvgIpc) is 2.71. The standard InChI is InChI=1S/C10H13NO3S/c1-5-3-4-7(14-5)9-11-8(10(12)13)6(2)15-9/h5,7H,3-4H2,1-2H3,(H,12,13). The molecule has 82 valence electrons. The van der Waals surface area contributed by atoms with E-state index >= 15 is 0 Å². The number of nitrogens with zero attached hydrogens (tertiary/aromatic N) is 1. The Hall–Kier alpha value is -0.940. The molecule has 4 nitrogen and oxygen atoms in total. The van der Waals surface area contributed by atoms with Gasteiger partial charge in [-0.3, -0.25) is 0 Å². The van der Waals surface area contributed by atoms with E-state index in [1.807, 2.05) is 6.92 Å². The van der Waals surface area contributed by atoms with Crippen LogP contribution in [0.4, 0.5) is 0 Å². The van der Waals surface area contributed by atoms with Crippen molar-refractivity contribution in [2.24, 2.45) is 0 Å². The molecule has 0 radical (unpaired) electrons. The van der Waals surface area contributed by atoms with Gasteiger partial charge in [0.2, 0.25) is 0 Å². The van der Waals surface area contributed by atoms with Crippen LogP contribution in [-0.2, 0) is 4.74 Å². The Morgan fingerprint density at radius 2 is 2.33 bits per heavy atom. The van der Waals surface area contributed by atoms with Gasteiger partial charge in [-0.15, -0.1) is 11.3 Å². The van der Waals surface area contributed by atoms with Crippen LogP contribution in [0.2, 0.25) is 0 Å². The van der Waals surface area contributed by atoms with Gasteiger partial charge in [-0.25, -0.2) is 9.78 Å². The first kappa shape index (κ1) is 10.6. The minimum atomic E-state index is -0.957. The largest absolute Gasteiger partial charge is 0.476 e. The Morgan fingerprint density at radius 1 is 1.60 bits per heavy atom. The van der Waals surface area contributed by atoms with E-state index in [4.69, 9.17) is 9.84 Å². The van der Waals surface area contributed by atoms with Crippen molar-refractivity contribution in [3.63, 3.8) is 0 Å². The number of carboxylic acid groups (broad SMARTS) is 1. The van der Waals surface area contributed by atoms with Crippen LogP contribution < -0.4 is 0 Å². The van der Waals surface area contributed by atoms with Crippen molar-refractivity contribution < 1.29 is 14.6 Å². The van der Waals surface area contributed by atoms with E-state index < -0.39 is 5.97 Å². The molecule has 0 aliphatic carbocycles. The smallest absolute Gasteiger partial charge is 0.355 e. The molecule has 1 aliphatic rings. The molecule has 1 N–H and O–H groups in total. The second kappa shape index (κ2) is 3.90. The molecule has 1 fully saturated rings. The third-order valence-corrected chi connectivity index (χ3v) is 3.59. The van der Waals surface area contributed by atoms with Gasteiger partial charge in [0.15, 0.2) is 5.69 Å². The fourth-order valence-corrected chi connectivity index (χ4v) is 2.72. The van der Waals surface area contributed by atoms with Crippen molar-refractivity contribution >= 4 is 17.3 Å². The van der Waals surface area contributed by atoms with Crippen LogP contribution in [0.25, 0.3) is 0 Å². The minimum Gasteiger partial charge on any atom is -0.476 e. The van der Waals surface area contributed by atoms with Gasteiger partial charge in [-0.2, -0.15) is 0 Å². The zero-order chi connectivity index (χ0) is 11.0. The molecule has 0 bridgehead atoms. The van der Waals surface area contributed by atoms with E-state index in [0.717, 1.165) is 22.7 Å². The maximum atomic E-state index is 10.8. The Kier molecular flexibility index (Phi) is 2.75. The van der Waals surface area contributed by atoms with E-state index in [9.17, 15) is 4.79 Å². The third-order valence-electron chi connectivity index (χ3n) is 2.52. The van der Waals surface area contributed by atoms with Crippen LogP contribution in [0.15, 0.2) is 0 Å². The van der Waals surface area contributed by atoms with Crippen molar-refractivity contribution in [2.75, 3.05) is 0 Å². The highest BCUT2D eigenvalue weighted by molar-refractivity contribution is 7.11. The van der Waals surface area contributed by atoms with Gasteiger partial charge in [0, 0.05) is 4.88 Å². The molecule has 2 unspecified atom stereocenters. The maximum Gasteiger partial charge on any atom is 0.355 e. The molecule has 2 atom stereocenters. The Bertz CT molecular complexity index is 388. The Morgan fingerprint density at radius 3 is 2.80 bits per heavy atom. The molecule has 1 saturated heterocycles. The summed E-state index contributed by atoms with van der Waals surface area (Å²) in [5.74, 6) is -0.957. The number of rotatable bonds is 2. The average molecular weight is 227 g/mol. The number of aromatic nitrogens is 1. The second-order valence-electron chi connectivity index (χ2n) is 3.77. The lowest BCUT2D eigenvalue weighted by Crippen LogP contribution is -2.02. The Balaban J connectivity index is 2.23. The highest BCUT2D eigenvalue weighted by atomic mass is 32.1. The SMILES string of the molecule is Cc1sc(C2CCC(C)O2)nc1C(=O)O. The Labute approximate surface area is 91.9 Å². The van der Waals surface area contributed by atoms with E-state index in [2.05, 4.69) is 4.98 Å². The summed E-state index contributed by atoms with van der Waals surface area (Å²) < 4.78 is 5.65. The molecule has 15 heavy (non-hydrogen) atoms. The lowest BCUT2D eigenvalue weighted by Gasteiger charge is -2.06. The first-order chi connectivity index (χ1) is 7.08. The molecule has 0 aromatic carbocycles. The molecule has 2 rings (SSSR count). The van der Waals surface area contributed by atoms with Crippen LogP contribution in [0.1, 0.15) is 46.2 Å². The third kappa shape index (κ3) is 2.03. The second-order valence-corrected chi connectivity index (χ2v) is 5.01. The van der Waals surface area contributed by atoms with Gasteiger partial charge in [-0.1, -0.05) is 0 Å². The molecule has 1 aromatic heterocycles. The number of aromatic carboxylic acids is 1. The zero-order valence-corrected chi connectivity index (χ0v) is 9.50. The van der Waals surface area contributed by atoms with Crippen molar-refractivity contribution in [2.45, 2.75) is 38.9 Å². The summed E-state index contributed by atoms with van der Waals surface area (Å²) in [7, 11) is 0. The predicted molar refractivity (Wildman–Crippen MR) is 56.3 cm³/mol. The highest BCUT2D eigenvalue weighted by Gasteiger charge is 2.27. The number of aryl methyl sites for hydroxylation is 1. The number of carboxylic acids is 1. The molecular formula is C10H13NO3S. The van der Waals surface area contributed by atoms with Gasteiger partial charge in [-0.05, 0) is 26.7 Å². The molecule has 0 saturated carbocycles. The van der Waals surface area contributed by atoms with Crippen LogP contribution in [0, 0.1) is 6.92 Å². The van der Waals surface area contributed by atoms with E-state index in [0.29, 0.717) is 0 Å². The fourth-order valence-electron chi connectivity index (χ4n) is 1.74. The molecule has 0 spiro atoms. The predicted octanol–water partition coefficient (Wildman–Crippen LogP) is 2.39. The monoisotopic (exact) mass is 227 g/mol. The van der Waals surface area contributed by atoms with Crippen molar-refractivity contribution in [3.8, 4) is 0 Å². The summed E-state index contributed by atoms with van der Waals surface area (Å²) in [6.45, 7) is 3.81. The lowest BCUT2D eigenvalue weighted by atomic mass is 10.2. The minimum absolute atomic E-state index is 0.00296. The van der Waals surface area contributed by atoms with Crippen molar-refractivity contribution in [3.05, 3.63) is 15.6 Å². The molecule has 5 heteroatoms. The maximum absolute atomic E-state index is 10.8. The number of hydrogen-bond acceptors (Lipinski definition) is 4. The summed E-state index contributed by atoms with van der Waals surface area (Å²) in [6.07, 6.45) is 2.21. The van der Waals surface area contributed by atoms with Gasteiger partial charge < -0.3 is 9.84 Å². The number of ether oxygens (including phenoxy) is 1. The van der Waals surface area contributed by atoms with Gasteiger partial charge in [0.05, 0.1) is 6.10 Å². The van der Waals surface area contributed by atoms with Crippen LogP contribution in [0.3, 0.4) is 0 Å².